The second kappa shape index (κ2) is 7.74. The van der Waals surface area contributed by atoms with E-state index in [0.29, 0.717) is 54.5 Å². The SMILES string of the molecule is N#Cc1nc(-c2ccc(COc3ccccc3Cl)o2)oc1N1CCOCC1. The van der Waals surface area contributed by atoms with E-state index in [9.17, 15) is 5.26 Å². The van der Waals surface area contributed by atoms with Gasteiger partial charge in [-0.3, -0.25) is 0 Å². The minimum atomic E-state index is 0.214. The second-order valence-corrected chi connectivity index (χ2v) is 6.28. The zero-order chi connectivity index (χ0) is 18.6. The van der Waals surface area contributed by atoms with Gasteiger partial charge in [0, 0.05) is 13.1 Å². The fourth-order valence-electron chi connectivity index (χ4n) is 2.75. The smallest absolute Gasteiger partial charge is 0.266 e. The summed E-state index contributed by atoms with van der Waals surface area (Å²) in [5, 5.41) is 9.89. The molecule has 0 unspecified atom stereocenters. The van der Waals surface area contributed by atoms with Gasteiger partial charge >= 0.3 is 0 Å². The van der Waals surface area contributed by atoms with Crippen LogP contribution in [0.3, 0.4) is 0 Å². The maximum atomic E-state index is 9.36. The number of nitriles is 1. The normalized spacial score (nSPS) is 14.1. The van der Waals surface area contributed by atoms with Crippen molar-refractivity contribution in [3.63, 3.8) is 0 Å². The molecule has 1 aromatic carbocycles. The Hall–Kier alpha value is -2.95. The quantitative estimate of drug-likeness (QED) is 0.658. The van der Waals surface area contributed by atoms with E-state index in [2.05, 4.69) is 11.1 Å². The highest BCUT2D eigenvalue weighted by Gasteiger charge is 2.23. The van der Waals surface area contributed by atoms with Crippen molar-refractivity contribution in [2.45, 2.75) is 6.61 Å². The molecule has 0 radical (unpaired) electrons. The van der Waals surface area contributed by atoms with Crippen molar-refractivity contribution in [3.8, 4) is 23.5 Å². The molecule has 1 aliphatic rings. The molecule has 0 amide bonds. The summed E-state index contributed by atoms with van der Waals surface area (Å²) in [6, 6.07) is 12.8. The first-order chi connectivity index (χ1) is 13.2. The lowest BCUT2D eigenvalue weighted by Gasteiger charge is -2.25. The van der Waals surface area contributed by atoms with Gasteiger partial charge in [0.2, 0.25) is 11.6 Å². The van der Waals surface area contributed by atoms with Gasteiger partial charge in [-0.15, -0.1) is 0 Å². The highest BCUT2D eigenvalue weighted by atomic mass is 35.5. The lowest BCUT2D eigenvalue weighted by atomic mass is 10.3. The zero-order valence-electron chi connectivity index (χ0n) is 14.4. The summed E-state index contributed by atoms with van der Waals surface area (Å²) in [7, 11) is 0. The van der Waals surface area contributed by atoms with Crippen LogP contribution in [-0.2, 0) is 11.3 Å². The van der Waals surface area contributed by atoms with E-state index in [-0.39, 0.29) is 18.2 Å². The van der Waals surface area contributed by atoms with Crippen molar-refractivity contribution in [2.75, 3.05) is 31.2 Å². The van der Waals surface area contributed by atoms with E-state index in [0.717, 1.165) is 0 Å². The molecule has 1 aliphatic heterocycles. The van der Waals surface area contributed by atoms with E-state index in [1.165, 1.54) is 0 Å². The minimum absolute atomic E-state index is 0.214. The first-order valence-corrected chi connectivity index (χ1v) is 8.82. The van der Waals surface area contributed by atoms with Crippen molar-refractivity contribution in [1.82, 2.24) is 4.98 Å². The standard InChI is InChI=1S/C19H16ClN3O4/c20-14-3-1-2-4-16(14)25-12-13-5-6-17(26-13)18-22-15(11-21)19(27-18)23-7-9-24-10-8-23/h1-6H,7-10,12H2. The van der Waals surface area contributed by atoms with Crippen molar-refractivity contribution in [3.05, 3.63) is 52.9 Å². The van der Waals surface area contributed by atoms with E-state index in [1.54, 1.807) is 24.3 Å². The highest BCUT2D eigenvalue weighted by Crippen LogP contribution is 2.30. The van der Waals surface area contributed by atoms with Crippen LogP contribution in [-0.4, -0.2) is 31.3 Å². The Morgan fingerprint density at radius 1 is 1.15 bits per heavy atom. The Balaban J connectivity index is 1.50. The van der Waals surface area contributed by atoms with Gasteiger partial charge in [-0.1, -0.05) is 23.7 Å². The predicted molar refractivity (Wildman–Crippen MR) is 97.7 cm³/mol. The summed E-state index contributed by atoms with van der Waals surface area (Å²) >= 11 is 6.08. The number of ether oxygens (including phenoxy) is 2. The molecule has 27 heavy (non-hydrogen) atoms. The van der Waals surface area contributed by atoms with E-state index < -0.39 is 0 Å². The molecule has 0 aliphatic carbocycles. The van der Waals surface area contributed by atoms with E-state index in [1.807, 2.05) is 17.0 Å². The van der Waals surface area contributed by atoms with Gasteiger partial charge in [-0.2, -0.15) is 10.2 Å². The van der Waals surface area contributed by atoms with Gasteiger partial charge in [0.05, 0.1) is 18.2 Å². The summed E-state index contributed by atoms with van der Waals surface area (Å²) in [6.45, 7) is 2.69. The molecule has 2 aromatic heterocycles. The third kappa shape index (κ3) is 3.77. The maximum Gasteiger partial charge on any atom is 0.266 e. The van der Waals surface area contributed by atoms with Crippen LogP contribution in [0.15, 0.2) is 45.2 Å². The summed E-state index contributed by atoms with van der Waals surface area (Å²) in [5.74, 6) is 2.31. The number of para-hydroxylation sites is 1. The molecule has 3 heterocycles. The number of morpholine rings is 1. The Morgan fingerprint density at radius 2 is 1.96 bits per heavy atom. The molecule has 1 fully saturated rings. The minimum Gasteiger partial charge on any atom is -0.484 e. The molecule has 0 bridgehead atoms. The number of furan rings is 1. The van der Waals surface area contributed by atoms with Gasteiger partial charge in [0.15, 0.2) is 5.76 Å². The molecule has 0 spiro atoms. The molecule has 0 atom stereocenters. The van der Waals surface area contributed by atoms with Crippen molar-refractivity contribution < 1.29 is 18.3 Å². The molecule has 138 valence electrons. The van der Waals surface area contributed by atoms with Gasteiger partial charge in [-0.05, 0) is 24.3 Å². The summed E-state index contributed by atoms with van der Waals surface area (Å²) < 4.78 is 22.6. The number of benzene rings is 1. The third-order valence-electron chi connectivity index (χ3n) is 4.09. The van der Waals surface area contributed by atoms with Crippen LogP contribution in [0, 0.1) is 11.3 Å². The number of hydrogen-bond acceptors (Lipinski definition) is 7. The third-order valence-corrected chi connectivity index (χ3v) is 4.40. The number of rotatable bonds is 5. The molecule has 8 heteroatoms. The van der Waals surface area contributed by atoms with E-state index >= 15 is 0 Å². The van der Waals surface area contributed by atoms with Crippen LogP contribution in [0.5, 0.6) is 5.75 Å². The van der Waals surface area contributed by atoms with Gasteiger partial charge < -0.3 is 23.2 Å². The number of anilines is 1. The zero-order valence-corrected chi connectivity index (χ0v) is 15.1. The topological polar surface area (TPSA) is 84.7 Å². The first kappa shape index (κ1) is 17.5. The Morgan fingerprint density at radius 3 is 2.74 bits per heavy atom. The fraction of sp³-hybridized carbons (Fsp3) is 0.263. The summed E-state index contributed by atoms with van der Waals surface area (Å²) in [5.41, 5.74) is 0.233. The Labute approximate surface area is 160 Å². The van der Waals surface area contributed by atoms with Crippen LogP contribution in [0.4, 0.5) is 5.88 Å². The molecular weight excluding hydrogens is 370 g/mol. The monoisotopic (exact) mass is 385 g/mol. The second-order valence-electron chi connectivity index (χ2n) is 5.87. The Kier molecular flexibility index (Phi) is 5.01. The molecular formula is C19H16ClN3O4. The Bertz CT molecular complexity index is 969. The van der Waals surface area contributed by atoms with Crippen LogP contribution >= 0.6 is 11.6 Å². The molecule has 0 N–H and O–H groups in total. The molecule has 0 saturated carbocycles. The lowest BCUT2D eigenvalue weighted by Crippen LogP contribution is -2.36. The lowest BCUT2D eigenvalue weighted by molar-refractivity contribution is 0.120. The van der Waals surface area contributed by atoms with Gasteiger partial charge in [0.25, 0.3) is 5.89 Å². The predicted octanol–water partition coefficient (Wildman–Crippen LogP) is 3.88. The molecule has 3 aromatic rings. The first-order valence-electron chi connectivity index (χ1n) is 8.44. The fourth-order valence-corrected chi connectivity index (χ4v) is 2.94. The largest absolute Gasteiger partial charge is 0.484 e. The van der Waals surface area contributed by atoms with Crippen molar-refractivity contribution >= 4 is 17.5 Å². The number of aromatic nitrogens is 1. The van der Waals surface area contributed by atoms with Crippen LogP contribution in [0.25, 0.3) is 11.7 Å². The average molecular weight is 386 g/mol. The van der Waals surface area contributed by atoms with E-state index in [4.69, 9.17) is 29.9 Å². The number of halogens is 1. The highest BCUT2D eigenvalue weighted by molar-refractivity contribution is 6.32. The summed E-state index contributed by atoms with van der Waals surface area (Å²) in [6.07, 6.45) is 0. The van der Waals surface area contributed by atoms with Crippen LogP contribution < -0.4 is 9.64 Å². The van der Waals surface area contributed by atoms with Gasteiger partial charge in [0.1, 0.15) is 24.2 Å². The number of oxazole rings is 1. The molecule has 4 rings (SSSR count). The van der Waals surface area contributed by atoms with Crippen molar-refractivity contribution in [1.29, 1.82) is 5.26 Å². The van der Waals surface area contributed by atoms with Crippen molar-refractivity contribution in [2.24, 2.45) is 0 Å². The molecule has 1 saturated heterocycles. The van der Waals surface area contributed by atoms with Crippen LogP contribution in [0.1, 0.15) is 11.5 Å². The summed E-state index contributed by atoms with van der Waals surface area (Å²) in [4.78, 5) is 6.20. The van der Waals surface area contributed by atoms with Crippen LogP contribution in [0.2, 0.25) is 5.02 Å². The average Bonchev–Trinajstić information content (AvgIpc) is 3.35. The maximum absolute atomic E-state index is 9.36. The number of nitrogens with zero attached hydrogens (tertiary/aromatic N) is 3. The van der Waals surface area contributed by atoms with Gasteiger partial charge in [-0.25, -0.2) is 0 Å². The number of hydrogen-bond donors (Lipinski definition) is 0. The molecule has 7 nitrogen and oxygen atoms in total.